The van der Waals surface area contributed by atoms with Gasteiger partial charge in [-0.25, -0.2) is 0 Å². The molecule has 0 saturated carbocycles. The molecule has 2 aromatic rings. The van der Waals surface area contributed by atoms with Crippen LogP contribution in [-0.2, 0) is 0 Å². The van der Waals surface area contributed by atoms with Crippen LogP contribution >= 0.6 is 11.6 Å². The van der Waals surface area contributed by atoms with Gasteiger partial charge in [0.2, 0.25) is 0 Å². The predicted octanol–water partition coefficient (Wildman–Crippen LogP) is 2.97. The summed E-state index contributed by atoms with van der Waals surface area (Å²) in [6, 6.07) is 18.2. The molecule has 4 bridgehead atoms. The number of hydrogen-bond acceptors (Lipinski definition) is 5. The molecule has 0 aromatic heterocycles. The van der Waals surface area contributed by atoms with Gasteiger partial charge in [-0.3, -0.25) is 14.7 Å². The van der Waals surface area contributed by atoms with Crippen molar-refractivity contribution < 1.29 is 0 Å². The lowest BCUT2D eigenvalue weighted by atomic mass is 9.74. The number of hydrogen-bond donors (Lipinski definition) is 0. The minimum atomic E-state index is 0.00738. The first-order valence-corrected chi connectivity index (χ1v) is 9.68. The molecule has 2 aromatic carbocycles. The second kappa shape index (κ2) is 6.84. The quantitative estimate of drug-likeness (QED) is 0.605. The highest BCUT2D eigenvalue weighted by Crippen LogP contribution is 2.38. The normalized spacial score (nSPS) is 32.3. The van der Waals surface area contributed by atoms with Gasteiger partial charge in [0.1, 0.15) is 0 Å². The van der Waals surface area contributed by atoms with Crippen molar-refractivity contribution in [1.29, 1.82) is 0 Å². The lowest BCUT2D eigenvalue weighted by Gasteiger charge is -2.60. The first kappa shape index (κ1) is 17.1. The Bertz CT molecular complexity index is 840. The van der Waals surface area contributed by atoms with Gasteiger partial charge in [0.15, 0.2) is 0 Å². The van der Waals surface area contributed by atoms with Crippen LogP contribution in [0.1, 0.15) is 11.1 Å². The zero-order valence-electron chi connectivity index (χ0n) is 15.1. The van der Waals surface area contributed by atoms with Crippen LogP contribution in [0.3, 0.4) is 0 Å². The third-order valence-corrected chi connectivity index (χ3v) is 5.81. The van der Waals surface area contributed by atoms with Crippen LogP contribution in [-0.4, -0.2) is 66.3 Å². The van der Waals surface area contributed by atoms with Gasteiger partial charge in [0.05, 0.1) is 37.3 Å². The van der Waals surface area contributed by atoms with Crippen LogP contribution in [0.15, 0.2) is 64.8 Å². The van der Waals surface area contributed by atoms with Gasteiger partial charge in [-0.15, -0.1) is 0 Å². The number of rotatable bonds is 4. The van der Waals surface area contributed by atoms with Crippen molar-refractivity contribution in [3.05, 3.63) is 70.7 Å². The average molecular weight is 380 g/mol. The Morgan fingerprint density at radius 3 is 2.04 bits per heavy atom. The molecule has 0 atom stereocenters. The Hall–Kier alpha value is -2.05. The van der Waals surface area contributed by atoms with E-state index in [9.17, 15) is 0 Å². The van der Waals surface area contributed by atoms with Crippen molar-refractivity contribution in [2.75, 3.05) is 39.6 Å². The molecule has 4 aliphatic rings. The molecule has 138 valence electrons. The topological polar surface area (TPSA) is 34.4 Å². The fourth-order valence-corrected chi connectivity index (χ4v) is 4.84. The summed E-state index contributed by atoms with van der Waals surface area (Å²) < 4.78 is 0. The van der Waals surface area contributed by atoms with Crippen LogP contribution in [0, 0.1) is 5.41 Å². The van der Waals surface area contributed by atoms with E-state index in [0.717, 1.165) is 61.5 Å². The molecule has 0 radical (unpaired) electrons. The Kier molecular flexibility index (Phi) is 4.32. The van der Waals surface area contributed by atoms with Gasteiger partial charge in [0.25, 0.3) is 0 Å². The largest absolute Gasteiger partial charge is 0.276 e. The molecule has 5 nitrogen and oxygen atoms in total. The summed E-state index contributed by atoms with van der Waals surface area (Å²) in [5, 5.41) is 9.97. The summed E-state index contributed by atoms with van der Waals surface area (Å²) in [4.78, 5) is 7.54. The molecule has 4 heterocycles. The Morgan fingerprint density at radius 2 is 1.44 bits per heavy atom. The summed E-state index contributed by atoms with van der Waals surface area (Å²) in [7, 11) is 0. The maximum Gasteiger partial charge on any atom is 0.0802 e. The molecule has 27 heavy (non-hydrogen) atoms. The molecule has 0 N–H and O–H groups in total. The van der Waals surface area contributed by atoms with Gasteiger partial charge in [-0.05, 0) is 23.3 Å². The molecule has 6 rings (SSSR count). The first-order valence-electron chi connectivity index (χ1n) is 9.30. The van der Waals surface area contributed by atoms with Crippen LogP contribution in [0.2, 0.25) is 5.02 Å². The number of halogens is 1. The van der Waals surface area contributed by atoms with E-state index in [-0.39, 0.29) is 5.41 Å². The fraction of sp³-hybridized carbons (Fsp3) is 0.333. The highest BCUT2D eigenvalue weighted by atomic mass is 35.5. The summed E-state index contributed by atoms with van der Waals surface area (Å²) in [6.45, 7) is 6.33. The van der Waals surface area contributed by atoms with E-state index in [0.29, 0.717) is 0 Å². The molecule has 0 aliphatic carbocycles. The highest BCUT2D eigenvalue weighted by molar-refractivity contribution is 6.30. The monoisotopic (exact) mass is 379 g/mol. The van der Waals surface area contributed by atoms with Crippen molar-refractivity contribution >= 4 is 23.5 Å². The van der Waals surface area contributed by atoms with Gasteiger partial charge >= 0.3 is 0 Å². The minimum Gasteiger partial charge on any atom is -0.276 e. The summed E-state index contributed by atoms with van der Waals surface area (Å²) in [6.07, 6.45) is 1.81. The second-order valence-electron chi connectivity index (χ2n) is 7.80. The van der Waals surface area contributed by atoms with E-state index in [1.807, 2.05) is 30.3 Å². The molecule has 4 aliphatic heterocycles. The van der Waals surface area contributed by atoms with E-state index in [1.54, 1.807) is 6.21 Å². The lowest BCUT2D eigenvalue weighted by Crippen LogP contribution is -2.74. The number of nitrogens with zero attached hydrogens (tertiary/aromatic N) is 5. The van der Waals surface area contributed by atoms with Crippen LogP contribution in [0.5, 0.6) is 0 Å². The van der Waals surface area contributed by atoms with Gasteiger partial charge in [0, 0.05) is 24.7 Å². The number of benzene rings is 2. The van der Waals surface area contributed by atoms with Crippen molar-refractivity contribution in [3.8, 4) is 0 Å². The smallest absolute Gasteiger partial charge is 0.0802 e. The van der Waals surface area contributed by atoms with Crippen LogP contribution in [0.25, 0.3) is 0 Å². The third kappa shape index (κ3) is 3.32. The maximum absolute atomic E-state index is 5.97. The SMILES string of the molecule is Clc1ccc(/C=N/N=C(/c2ccccc2)C23CN4CN(CN(C4)C2)C3)cc1. The van der Waals surface area contributed by atoms with Gasteiger partial charge < -0.3 is 0 Å². The standard InChI is InChI=1S/C21H22ClN5/c22-19-8-6-17(7-9-19)10-23-24-20(18-4-2-1-3-5-18)21-11-25-14-26(12-21)16-27(13-21)15-25/h1-10H,11-16H2/b23-10+,24-20-. The molecule has 0 unspecified atom stereocenters. The third-order valence-electron chi connectivity index (χ3n) is 5.56. The minimum absolute atomic E-state index is 0.00738. The maximum atomic E-state index is 5.97. The van der Waals surface area contributed by atoms with Gasteiger partial charge in [-0.2, -0.15) is 10.2 Å². The van der Waals surface area contributed by atoms with Gasteiger partial charge in [-0.1, -0.05) is 54.1 Å². The van der Waals surface area contributed by atoms with Crippen molar-refractivity contribution in [2.45, 2.75) is 0 Å². The fourth-order valence-electron chi connectivity index (χ4n) is 4.71. The van der Waals surface area contributed by atoms with Crippen molar-refractivity contribution in [3.63, 3.8) is 0 Å². The van der Waals surface area contributed by atoms with E-state index in [4.69, 9.17) is 16.7 Å². The van der Waals surface area contributed by atoms with Crippen LogP contribution < -0.4 is 0 Å². The first-order chi connectivity index (χ1) is 13.2. The highest BCUT2D eigenvalue weighted by Gasteiger charge is 2.51. The zero-order valence-corrected chi connectivity index (χ0v) is 15.9. The van der Waals surface area contributed by atoms with E-state index >= 15 is 0 Å². The van der Waals surface area contributed by atoms with Crippen molar-refractivity contribution in [1.82, 2.24) is 14.7 Å². The van der Waals surface area contributed by atoms with E-state index in [2.05, 4.69) is 44.1 Å². The lowest BCUT2D eigenvalue weighted by molar-refractivity contribution is -0.149. The second-order valence-corrected chi connectivity index (χ2v) is 8.24. The Morgan fingerprint density at radius 1 is 0.852 bits per heavy atom. The summed E-state index contributed by atoms with van der Waals surface area (Å²) >= 11 is 5.97. The molecule has 0 spiro atoms. The van der Waals surface area contributed by atoms with Crippen molar-refractivity contribution in [2.24, 2.45) is 15.6 Å². The molecule has 0 amide bonds. The average Bonchev–Trinajstić information content (AvgIpc) is 2.66. The molecular weight excluding hydrogens is 358 g/mol. The molecular formula is C21H22ClN5. The van der Waals surface area contributed by atoms with Crippen LogP contribution in [0.4, 0.5) is 0 Å². The summed E-state index contributed by atoms with van der Waals surface area (Å²) in [5.41, 5.74) is 3.26. The molecule has 6 heteroatoms. The predicted molar refractivity (Wildman–Crippen MR) is 109 cm³/mol. The zero-order chi connectivity index (χ0) is 18.3. The molecule has 4 fully saturated rings. The summed E-state index contributed by atoms with van der Waals surface area (Å²) in [5.74, 6) is 0. The molecule has 4 saturated heterocycles. The van der Waals surface area contributed by atoms with E-state index in [1.165, 1.54) is 0 Å². The Balaban J connectivity index is 1.51. The Labute approximate surface area is 164 Å². The van der Waals surface area contributed by atoms with E-state index < -0.39 is 0 Å².